The molecule has 0 unspecified atom stereocenters. The lowest BCUT2D eigenvalue weighted by Crippen LogP contribution is -2.01. The van der Waals surface area contributed by atoms with E-state index in [1.165, 1.54) is 12.1 Å². The summed E-state index contributed by atoms with van der Waals surface area (Å²) in [6.45, 7) is 0.345. The zero-order valence-electron chi connectivity index (χ0n) is 10.1. The average Bonchev–Trinajstić information content (AvgIpc) is 2.39. The predicted octanol–water partition coefficient (Wildman–Crippen LogP) is 4.65. The Morgan fingerprint density at radius 1 is 1.15 bits per heavy atom. The standard InChI is InChI=1S/C13H9Cl2FN2O2/c14-12-2-1-8(3-13(12)15)7-17-10-4-9(16)5-11(6-10)18(19)20/h1-6,17H,7H2. The molecule has 20 heavy (non-hydrogen) atoms. The number of non-ortho nitro benzene ring substituents is 1. The number of hydrogen-bond acceptors (Lipinski definition) is 3. The Hall–Kier alpha value is -1.85. The molecular formula is C13H9Cl2FN2O2. The van der Waals surface area contributed by atoms with Gasteiger partial charge in [0.2, 0.25) is 0 Å². The third-order valence-electron chi connectivity index (χ3n) is 2.57. The zero-order chi connectivity index (χ0) is 14.7. The highest BCUT2D eigenvalue weighted by Gasteiger charge is 2.09. The molecule has 2 rings (SSSR count). The van der Waals surface area contributed by atoms with E-state index in [4.69, 9.17) is 23.2 Å². The molecule has 0 heterocycles. The summed E-state index contributed by atoms with van der Waals surface area (Å²) in [5.41, 5.74) is 0.843. The third kappa shape index (κ3) is 3.59. The Bertz CT molecular complexity index is 665. The molecule has 0 aliphatic rings. The average molecular weight is 315 g/mol. The summed E-state index contributed by atoms with van der Waals surface area (Å²) in [7, 11) is 0. The van der Waals surface area contributed by atoms with Crippen LogP contribution in [0.1, 0.15) is 5.56 Å². The Balaban J connectivity index is 2.14. The lowest BCUT2D eigenvalue weighted by Gasteiger charge is -2.07. The molecule has 2 aromatic rings. The molecule has 0 amide bonds. The molecule has 0 bridgehead atoms. The topological polar surface area (TPSA) is 55.2 Å². The summed E-state index contributed by atoms with van der Waals surface area (Å²) in [5, 5.41) is 14.4. The van der Waals surface area contributed by atoms with Crippen molar-refractivity contribution < 1.29 is 9.31 Å². The predicted molar refractivity (Wildman–Crippen MR) is 76.8 cm³/mol. The van der Waals surface area contributed by atoms with E-state index in [0.29, 0.717) is 22.3 Å². The van der Waals surface area contributed by atoms with Gasteiger partial charge in [-0.25, -0.2) is 4.39 Å². The zero-order valence-corrected chi connectivity index (χ0v) is 11.6. The minimum Gasteiger partial charge on any atom is -0.381 e. The van der Waals surface area contributed by atoms with Gasteiger partial charge in [0.05, 0.1) is 21.0 Å². The van der Waals surface area contributed by atoms with Crippen molar-refractivity contribution in [1.29, 1.82) is 0 Å². The van der Waals surface area contributed by atoms with Gasteiger partial charge >= 0.3 is 0 Å². The summed E-state index contributed by atoms with van der Waals surface area (Å²) in [6.07, 6.45) is 0. The molecule has 0 spiro atoms. The molecule has 7 heteroatoms. The first kappa shape index (κ1) is 14.6. The van der Waals surface area contributed by atoms with Crippen LogP contribution in [-0.4, -0.2) is 4.92 Å². The molecular weight excluding hydrogens is 306 g/mol. The normalized spacial score (nSPS) is 10.3. The summed E-state index contributed by atoms with van der Waals surface area (Å²) < 4.78 is 13.2. The summed E-state index contributed by atoms with van der Waals surface area (Å²) in [6, 6.07) is 8.39. The van der Waals surface area contributed by atoms with Crippen LogP contribution in [0.2, 0.25) is 10.0 Å². The minimum atomic E-state index is -0.671. The molecule has 4 nitrogen and oxygen atoms in total. The van der Waals surface area contributed by atoms with Crippen LogP contribution in [0.15, 0.2) is 36.4 Å². The van der Waals surface area contributed by atoms with Crippen LogP contribution in [0.25, 0.3) is 0 Å². The van der Waals surface area contributed by atoms with Crippen molar-refractivity contribution >= 4 is 34.6 Å². The molecule has 0 saturated heterocycles. The van der Waals surface area contributed by atoms with Crippen molar-refractivity contribution in [3.05, 3.63) is 67.9 Å². The molecule has 0 fully saturated rings. The quantitative estimate of drug-likeness (QED) is 0.660. The van der Waals surface area contributed by atoms with Crippen LogP contribution in [0, 0.1) is 15.9 Å². The van der Waals surface area contributed by atoms with Gasteiger partial charge < -0.3 is 5.32 Å². The fourth-order valence-corrected chi connectivity index (χ4v) is 1.96. The first-order chi connectivity index (χ1) is 9.45. The minimum absolute atomic E-state index is 0.304. The molecule has 2 aromatic carbocycles. The fraction of sp³-hybridized carbons (Fsp3) is 0.0769. The molecule has 0 aliphatic carbocycles. The van der Waals surface area contributed by atoms with E-state index in [1.54, 1.807) is 18.2 Å². The third-order valence-corrected chi connectivity index (χ3v) is 3.31. The second-order valence-corrected chi connectivity index (χ2v) is 4.87. The van der Waals surface area contributed by atoms with Crippen molar-refractivity contribution in [1.82, 2.24) is 0 Å². The van der Waals surface area contributed by atoms with Crippen LogP contribution in [0.3, 0.4) is 0 Å². The lowest BCUT2D eigenvalue weighted by atomic mass is 10.2. The molecule has 0 aromatic heterocycles. The maximum atomic E-state index is 13.2. The number of halogens is 3. The largest absolute Gasteiger partial charge is 0.381 e. The van der Waals surface area contributed by atoms with E-state index >= 15 is 0 Å². The molecule has 0 radical (unpaired) electrons. The van der Waals surface area contributed by atoms with Gasteiger partial charge in [-0.2, -0.15) is 0 Å². The van der Waals surface area contributed by atoms with E-state index in [0.717, 1.165) is 11.6 Å². The SMILES string of the molecule is O=[N+]([O-])c1cc(F)cc(NCc2ccc(Cl)c(Cl)c2)c1. The smallest absolute Gasteiger partial charge is 0.274 e. The van der Waals surface area contributed by atoms with Crippen LogP contribution >= 0.6 is 23.2 Å². The Morgan fingerprint density at radius 3 is 2.55 bits per heavy atom. The number of nitro benzene ring substituents is 1. The van der Waals surface area contributed by atoms with E-state index < -0.39 is 10.7 Å². The van der Waals surface area contributed by atoms with Gasteiger partial charge in [-0.1, -0.05) is 29.3 Å². The summed E-state index contributed by atoms with van der Waals surface area (Å²) in [4.78, 5) is 10.00. The Labute approximate surface area is 124 Å². The van der Waals surface area contributed by atoms with Crippen molar-refractivity contribution in [3.8, 4) is 0 Å². The van der Waals surface area contributed by atoms with Crippen LogP contribution in [-0.2, 0) is 6.54 Å². The van der Waals surface area contributed by atoms with Gasteiger partial charge in [0.1, 0.15) is 5.82 Å². The number of benzene rings is 2. The second-order valence-electron chi connectivity index (χ2n) is 4.06. The molecule has 0 saturated carbocycles. The van der Waals surface area contributed by atoms with Crippen LogP contribution in [0.4, 0.5) is 15.8 Å². The number of nitrogens with zero attached hydrogens (tertiary/aromatic N) is 1. The van der Waals surface area contributed by atoms with Gasteiger partial charge in [-0.05, 0) is 23.8 Å². The van der Waals surface area contributed by atoms with Crippen LogP contribution < -0.4 is 5.32 Å². The number of nitro groups is 1. The van der Waals surface area contributed by atoms with Gasteiger partial charge in [-0.15, -0.1) is 0 Å². The Kier molecular flexibility index (Phi) is 4.42. The van der Waals surface area contributed by atoms with E-state index in [-0.39, 0.29) is 5.69 Å². The summed E-state index contributed by atoms with van der Waals surface area (Å²) >= 11 is 11.7. The van der Waals surface area contributed by atoms with Crippen molar-refractivity contribution in [2.24, 2.45) is 0 Å². The molecule has 0 atom stereocenters. The lowest BCUT2D eigenvalue weighted by molar-refractivity contribution is -0.385. The highest BCUT2D eigenvalue weighted by atomic mass is 35.5. The van der Waals surface area contributed by atoms with E-state index in [2.05, 4.69) is 5.32 Å². The van der Waals surface area contributed by atoms with E-state index in [1.807, 2.05) is 0 Å². The van der Waals surface area contributed by atoms with Crippen molar-refractivity contribution in [2.75, 3.05) is 5.32 Å². The van der Waals surface area contributed by atoms with Crippen molar-refractivity contribution in [3.63, 3.8) is 0 Å². The molecule has 1 N–H and O–H groups in total. The van der Waals surface area contributed by atoms with Crippen molar-refractivity contribution in [2.45, 2.75) is 6.54 Å². The first-order valence-electron chi connectivity index (χ1n) is 5.58. The fourth-order valence-electron chi connectivity index (χ4n) is 1.64. The number of hydrogen-bond donors (Lipinski definition) is 1. The van der Waals surface area contributed by atoms with Gasteiger partial charge in [0.25, 0.3) is 5.69 Å². The highest BCUT2D eigenvalue weighted by molar-refractivity contribution is 6.42. The first-order valence-corrected chi connectivity index (χ1v) is 6.34. The second kappa shape index (κ2) is 6.07. The van der Waals surface area contributed by atoms with Gasteiger partial charge in [0, 0.05) is 18.3 Å². The number of anilines is 1. The highest BCUT2D eigenvalue weighted by Crippen LogP contribution is 2.24. The number of nitrogens with one attached hydrogen (secondary N) is 1. The molecule has 0 aliphatic heterocycles. The maximum absolute atomic E-state index is 13.2. The number of rotatable bonds is 4. The van der Waals surface area contributed by atoms with E-state index in [9.17, 15) is 14.5 Å². The monoisotopic (exact) mass is 314 g/mol. The summed E-state index contributed by atoms with van der Waals surface area (Å²) in [5.74, 6) is -0.671. The van der Waals surface area contributed by atoms with Gasteiger partial charge in [-0.3, -0.25) is 10.1 Å². The van der Waals surface area contributed by atoms with Crippen LogP contribution in [0.5, 0.6) is 0 Å². The van der Waals surface area contributed by atoms with Gasteiger partial charge in [0.15, 0.2) is 0 Å². The molecule has 104 valence electrons. The Morgan fingerprint density at radius 2 is 1.90 bits per heavy atom. The maximum Gasteiger partial charge on any atom is 0.274 e.